The van der Waals surface area contributed by atoms with Crippen molar-refractivity contribution in [3.63, 3.8) is 0 Å². The van der Waals surface area contributed by atoms with E-state index < -0.39 is 0 Å². The summed E-state index contributed by atoms with van der Waals surface area (Å²) in [5.74, 6) is 2.13. The zero-order valence-electron chi connectivity index (χ0n) is 15.4. The van der Waals surface area contributed by atoms with Gasteiger partial charge in [-0.25, -0.2) is 15.0 Å². The van der Waals surface area contributed by atoms with Gasteiger partial charge in [-0.3, -0.25) is 0 Å². The molecule has 7 heteroatoms. The van der Waals surface area contributed by atoms with E-state index in [9.17, 15) is 0 Å². The molecule has 138 valence electrons. The van der Waals surface area contributed by atoms with Crippen LogP contribution in [0.15, 0.2) is 0 Å². The molecule has 2 aromatic heterocycles. The highest BCUT2D eigenvalue weighted by molar-refractivity contribution is 5.50. The van der Waals surface area contributed by atoms with Crippen LogP contribution < -0.4 is 16.4 Å². The van der Waals surface area contributed by atoms with Crippen molar-refractivity contribution in [3.8, 4) is 0 Å². The third kappa shape index (κ3) is 3.62. The van der Waals surface area contributed by atoms with E-state index in [1.807, 2.05) is 0 Å². The van der Waals surface area contributed by atoms with Gasteiger partial charge in [0, 0.05) is 42.9 Å². The van der Waals surface area contributed by atoms with Crippen molar-refractivity contribution in [3.05, 3.63) is 34.0 Å². The summed E-state index contributed by atoms with van der Waals surface area (Å²) in [5, 5.41) is 6.85. The van der Waals surface area contributed by atoms with E-state index >= 15 is 0 Å². The van der Waals surface area contributed by atoms with Gasteiger partial charge < -0.3 is 16.4 Å². The molecule has 0 aromatic carbocycles. The monoisotopic (exact) mass is 353 g/mol. The molecule has 0 saturated heterocycles. The molecule has 3 heterocycles. The SMILES string of the molecule is Cc1nc(CCNc2nc(N)nc3c2CCNCC3)nc2c1CCCC2. The van der Waals surface area contributed by atoms with Crippen molar-refractivity contribution >= 4 is 11.8 Å². The first-order valence-corrected chi connectivity index (χ1v) is 9.66. The van der Waals surface area contributed by atoms with Gasteiger partial charge in [-0.2, -0.15) is 4.98 Å². The summed E-state index contributed by atoms with van der Waals surface area (Å²) in [4.78, 5) is 18.4. The maximum Gasteiger partial charge on any atom is 0.222 e. The van der Waals surface area contributed by atoms with Gasteiger partial charge in [0.25, 0.3) is 0 Å². The molecule has 1 aliphatic heterocycles. The Balaban J connectivity index is 1.47. The first-order valence-electron chi connectivity index (χ1n) is 9.66. The number of nitrogen functional groups attached to an aromatic ring is 1. The van der Waals surface area contributed by atoms with Gasteiger partial charge in [-0.05, 0) is 51.1 Å². The molecular formula is C19H27N7. The first kappa shape index (κ1) is 17.1. The fourth-order valence-electron chi connectivity index (χ4n) is 3.96. The molecule has 0 saturated carbocycles. The van der Waals surface area contributed by atoms with E-state index in [0.29, 0.717) is 5.95 Å². The Hall–Kier alpha value is -2.28. The second-order valence-corrected chi connectivity index (χ2v) is 7.14. The maximum atomic E-state index is 5.91. The summed E-state index contributed by atoms with van der Waals surface area (Å²) in [6.07, 6.45) is 7.30. The first-order chi connectivity index (χ1) is 12.7. The van der Waals surface area contributed by atoms with Crippen molar-refractivity contribution in [1.29, 1.82) is 0 Å². The Kier molecular flexibility index (Phi) is 4.97. The molecule has 4 N–H and O–H groups in total. The number of aromatic nitrogens is 4. The van der Waals surface area contributed by atoms with Crippen molar-refractivity contribution in [2.24, 2.45) is 0 Å². The summed E-state index contributed by atoms with van der Waals surface area (Å²) in [6.45, 7) is 4.74. The second-order valence-electron chi connectivity index (χ2n) is 7.14. The number of rotatable bonds is 4. The van der Waals surface area contributed by atoms with Crippen LogP contribution in [0.25, 0.3) is 0 Å². The highest BCUT2D eigenvalue weighted by atomic mass is 15.1. The zero-order valence-corrected chi connectivity index (χ0v) is 15.4. The Labute approximate surface area is 154 Å². The lowest BCUT2D eigenvalue weighted by Gasteiger charge is -2.18. The van der Waals surface area contributed by atoms with Crippen LogP contribution in [0.1, 0.15) is 46.9 Å². The minimum atomic E-state index is 0.342. The van der Waals surface area contributed by atoms with Gasteiger partial charge in [0.1, 0.15) is 11.6 Å². The molecule has 26 heavy (non-hydrogen) atoms. The topological polar surface area (TPSA) is 102 Å². The Morgan fingerprint density at radius 3 is 2.65 bits per heavy atom. The minimum Gasteiger partial charge on any atom is -0.369 e. The van der Waals surface area contributed by atoms with Crippen LogP contribution in [0.2, 0.25) is 0 Å². The number of fused-ring (bicyclic) bond motifs is 2. The predicted octanol–water partition coefficient (Wildman–Crippen LogP) is 1.38. The Morgan fingerprint density at radius 1 is 0.923 bits per heavy atom. The fourth-order valence-corrected chi connectivity index (χ4v) is 3.96. The average molecular weight is 353 g/mol. The molecule has 0 bridgehead atoms. The van der Waals surface area contributed by atoms with Crippen LogP contribution in [0.5, 0.6) is 0 Å². The number of nitrogens with zero attached hydrogens (tertiary/aromatic N) is 4. The van der Waals surface area contributed by atoms with Crippen LogP contribution in [0, 0.1) is 6.92 Å². The van der Waals surface area contributed by atoms with Crippen molar-refractivity contribution in [2.75, 3.05) is 30.7 Å². The van der Waals surface area contributed by atoms with Gasteiger partial charge in [0.05, 0.1) is 5.69 Å². The maximum absolute atomic E-state index is 5.91. The Bertz CT molecular complexity index is 803. The van der Waals surface area contributed by atoms with Gasteiger partial charge >= 0.3 is 0 Å². The summed E-state index contributed by atoms with van der Waals surface area (Å²) < 4.78 is 0. The third-order valence-electron chi connectivity index (χ3n) is 5.28. The zero-order chi connectivity index (χ0) is 17.9. The fraction of sp³-hybridized carbons (Fsp3) is 0.579. The highest BCUT2D eigenvalue weighted by Gasteiger charge is 2.17. The molecule has 7 nitrogen and oxygen atoms in total. The van der Waals surface area contributed by atoms with Crippen LogP contribution >= 0.6 is 0 Å². The molecule has 1 aliphatic carbocycles. The minimum absolute atomic E-state index is 0.342. The van der Waals surface area contributed by atoms with Crippen LogP contribution in [0.4, 0.5) is 11.8 Å². The molecule has 2 aromatic rings. The van der Waals surface area contributed by atoms with Gasteiger partial charge in [0.2, 0.25) is 5.95 Å². The normalized spacial score (nSPS) is 16.5. The molecule has 0 fully saturated rings. The van der Waals surface area contributed by atoms with Gasteiger partial charge in [0.15, 0.2) is 0 Å². The number of nitrogens with one attached hydrogen (secondary N) is 2. The molecule has 0 radical (unpaired) electrons. The number of anilines is 2. The summed E-state index contributed by atoms with van der Waals surface area (Å²) in [7, 11) is 0. The quantitative estimate of drug-likeness (QED) is 0.763. The van der Waals surface area contributed by atoms with Crippen LogP contribution in [-0.2, 0) is 32.1 Å². The molecule has 0 amide bonds. The van der Waals surface area contributed by atoms with Crippen LogP contribution in [0.3, 0.4) is 0 Å². The number of hydrogen-bond donors (Lipinski definition) is 3. The smallest absolute Gasteiger partial charge is 0.222 e. The highest BCUT2D eigenvalue weighted by Crippen LogP contribution is 2.22. The van der Waals surface area contributed by atoms with Crippen molar-refractivity contribution in [2.45, 2.75) is 51.9 Å². The third-order valence-corrected chi connectivity index (χ3v) is 5.28. The van der Waals surface area contributed by atoms with E-state index in [-0.39, 0.29) is 0 Å². The van der Waals surface area contributed by atoms with Gasteiger partial charge in [-0.15, -0.1) is 0 Å². The molecular weight excluding hydrogens is 326 g/mol. The van der Waals surface area contributed by atoms with E-state index in [2.05, 4.69) is 27.5 Å². The lowest BCUT2D eigenvalue weighted by atomic mass is 9.95. The molecule has 4 rings (SSSR count). The lowest BCUT2D eigenvalue weighted by molar-refractivity contribution is 0.647. The van der Waals surface area contributed by atoms with Crippen LogP contribution in [-0.4, -0.2) is 39.6 Å². The largest absolute Gasteiger partial charge is 0.369 e. The van der Waals surface area contributed by atoms with Crippen molar-refractivity contribution in [1.82, 2.24) is 25.3 Å². The lowest BCUT2D eigenvalue weighted by Crippen LogP contribution is -2.17. The average Bonchev–Trinajstić information content (AvgIpc) is 2.87. The van der Waals surface area contributed by atoms with Gasteiger partial charge in [-0.1, -0.05) is 0 Å². The predicted molar refractivity (Wildman–Crippen MR) is 102 cm³/mol. The summed E-state index contributed by atoms with van der Waals surface area (Å²) >= 11 is 0. The Morgan fingerprint density at radius 2 is 1.73 bits per heavy atom. The molecule has 0 atom stereocenters. The van der Waals surface area contributed by atoms with E-state index in [1.54, 1.807) is 0 Å². The molecule has 2 aliphatic rings. The van der Waals surface area contributed by atoms with E-state index in [1.165, 1.54) is 29.7 Å². The number of aryl methyl sites for hydroxylation is 2. The molecule has 0 unspecified atom stereocenters. The molecule has 0 spiro atoms. The standard InChI is InChI=1S/C19H27N7/c1-12-13-4-2-3-5-15(13)24-17(23-12)8-11-22-18-14-6-9-21-10-7-16(14)25-19(20)26-18/h21H,2-11H2,1H3,(H3,20,22,25,26). The summed E-state index contributed by atoms with van der Waals surface area (Å²) in [6, 6.07) is 0. The van der Waals surface area contributed by atoms with E-state index in [4.69, 9.17) is 15.7 Å². The number of hydrogen-bond acceptors (Lipinski definition) is 7. The number of nitrogens with two attached hydrogens (primary N) is 1. The summed E-state index contributed by atoms with van der Waals surface area (Å²) in [5.41, 5.74) is 11.9. The van der Waals surface area contributed by atoms with E-state index in [0.717, 1.165) is 74.8 Å². The van der Waals surface area contributed by atoms with Crippen molar-refractivity contribution < 1.29 is 0 Å². The second kappa shape index (κ2) is 7.53.